The number of benzene rings is 1. The molecule has 1 aromatic heterocycles. The molecule has 1 saturated heterocycles. The summed E-state index contributed by atoms with van der Waals surface area (Å²) in [5.74, 6) is -0.843. The van der Waals surface area contributed by atoms with Gasteiger partial charge in [-0.15, -0.1) is 0 Å². The fourth-order valence-corrected chi connectivity index (χ4v) is 4.50. The lowest BCUT2D eigenvalue weighted by atomic mass is 9.40. The zero-order valence-corrected chi connectivity index (χ0v) is 22.0. The minimum atomic E-state index is -1.52. The first-order valence-corrected chi connectivity index (χ1v) is 12.1. The summed E-state index contributed by atoms with van der Waals surface area (Å²) < 4.78 is 29.8. The summed E-state index contributed by atoms with van der Waals surface area (Å²) in [5, 5.41) is 1.99. The van der Waals surface area contributed by atoms with Gasteiger partial charge in [0.05, 0.1) is 28.6 Å². The highest BCUT2D eigenvalue weighted by atomic mass is 35.5. The number of amides is 1. The number of nitrogens with zero attached hydrogens (tertiary/aromatic N) is 2. The number of hydrogen-bond donors (Lipinski definition) is 1. The summed E-state index contributed by atoms with van der Waals surface area (Å²) in [6.45, 7) is 0.659. The van der Waals surface area contributed by atoms with Gasteiger partial charge < -0.3 is 10.2 Å². The van der Waals surface area contributed by atoms with Crippen LogP contribution in [0.1, 0.15) is 28.0 Å². The van der Waals surface area contributed by atoms with Gasteiger partial charge in [-0.05, 0) is 46.8 Å². The number of carbonyl (C=O) groups is 1. The van der Waals surface area contributed by atoms with E-state index in [9.17, 15) is 9.18 Å². The van der Waals surface area contributed by atoms with Crippen LogP contribution in [-0.2, 0) is 10.5 Å². The van der Waals surface area contributed by atoms with Crippen molar-refractivity contribution in [2.24, 2.45) is 0 Å². The highest BCUT2D eigenvalue weighted by Gasteiger charge is 2.50. The molecule has 14 heteroatoms. The van der Waals surface area contributed by atoms with Crippen molar-refractivity contribution in [3.63, 3.8) is 0 Å². The van der Waals surface area contributed by atoms with Crippen LogP contribution >= 0.6 is 11.6 Å². The van der Waals surface area contributed by atoms with Crippen LogP contribution in [-0.4, -0.2) is 96.0 Å². The molecule has 1 amide bonds. The minimum absolute atomic E-state index is 0.0147. The average Bonchev–Trinajstić information content (AvgIpc) is 2.75. The van der Waals surface area contributed by atoms with E-state index in [1.165, 1.54) is 18.2 Å². The fourth-order valence-electron chi connectivity index (χ4n) is 4.32. The lowest BCUT2D eigenvalue weighted by Crippen LogP contribution is -2.61. The molecule has 0 spiro atoms. The first-order chi connectivity index (χ1) is 15.6. The summed E-state index contributed by atoms with van der Waals surface area (Å²) in [6, 6.07) is 7.99. The first kappa shape index (κ1) is 27.0. The normalized spacial score (nSPS) is 20.7. The number of nitrogens with one attached hydrogen (secondary N) is 1. The van der Waals surface area contributed by atoms with Gasteiger partial charge in [0, 0.05) is 37.1 Å². The van der Waals surface area contributed by atoms with Gasteiger partial charge >= 0.3 is 0 Å². The molecular formula is C20H29B7ClF2N3O. The van der Waals surface area contributed by atoms with E-state index in [4.69, 9.17) is 11.6 Å². The van der Waals surface area contributed by atoms with Crippen molar-refractivity contribution in [2.45, 2.75) is 27.8 Å². The fraction of sp³-hybridized carbons (Fsp3) is 0.400. The number of aromatic nitrogens is 1. The summed E-state index contributed by atoms with van der Waals surface area (Å²) in [7, 11) is 14.1. The lowest BCUT2D eigenvalue weighted by Gasteiger charge is -2.50. The molecule has 1 atom stereocenters. The van der Waals surface area contributed by atoms with Gasteiger partial charge in [0.2, 0.25) is 0 Å². The zero-order valence-electron chi connectivity index (χ0n) is 21.2. The number of likely N-dealkylation sites (tertiary alicyclic amines) is 1. The number of pyridine rings is 1. The molecule has 4 nitrogen and oxygen atoms in total. The smallest absolute Gasteiger partial charge is 0.253 e. The molecule has 3 rings (SSSR count). The number of carbonyl (C=O) groups excluding carboxylic acids is 1. The van der Waals surface area contributed by atoms with Gasteiger partial charge in [-0.1, -0.05) is 22.8 Å². The monoisotopic (exact) mass is 477 g/mol. The molecule has 1 aliphatic rings. The van der Waals surface area contributed by atoms with Crippen LogP contribution in [0.4, 0.5) is 8.78 Å². The Morgan fingerprint density at radius 3 is 2.38 bits per heavy atom. The van der Waals surface area contributed by atoms with Gasteiger partial charge in [-0.2, -0.15) is 0 Å². The Balaban J connectivity index is 1.69. The van der Waals surface area contributed by atoms with E-state index in [0.717, 1.165) is 11.3 Å². The van der Waals surface area contributed by atoms with E-state index < -0.39 is 22.0 Å². The van der Waals surface area contributed by atoms with Crippen LogP contribution in [0.15, 0.2) is 36.5 Å². The third-order valence-electron chi connectivity index (χ3n) is 7.11. The maximum absolute atomic E-state index is 16.3. The SMILES string of the molecule is BC(B)(B)c1ccc(C(B)(B)NCC2(F)CCN(C(=O)c3ccc(F)c(Cl)c3)CC2(B)B)nc1. The topological polar surface area (TPSA) is 45.2 Å². The molecule has 1 N–H and O–H groups in total. The van der Waals surface area contributed by atoms with E-state index in [0.29, 0.717) is 5.56 Å². The van der Waals surface area contributed by atoms with E-state index >= 15 is 4.39 Å². The summed E-state index contributed by atoms with van der Waals surface area (Å²) >= 11 is 5.84. The third-order valence-corrected chi connectivity index (χ3v) is 7.40. The number of piperidine rings is 1. The second kappa shape index (κ2) is 9.46. The molecule has 0 bridgehead atoms. The molecule has 2 aromatic rings. The average molecular weight is 477 g/mol. The van der Waals surface area contributed by atoms with Crippen LogP contribution in [0.25, 0.3) is 0 Å². The summed E-state index contributed by atoms with van der Waals surface area (Å²) in [6.07, 6.45) is 2.08. The Hall–Kier alpha value is -1.60. The highest BCUT2D eigenvalue weighted by molar-refractivity contribution is 6.58. The van der Waals surface area contributed by atoms with E-state index in [2.05, 4.69) is 39.9 Å². The molecule has 1 aliphatic heterocycles. The predicted octanol–water partition coefficient (Wildman–Crippen LogP) is -3.51. The Labute approximate surface area is 212 Å². The maximum atomic E-state index is 16.3. The van der Waals surface area contributed by atoms with E-state index in [1.54, 1.807) is 4.90 Å². The van der Waals surface area contributed by atoms with Crippen LogP contribution in [0.2, 0.25) is 10.2 Å². The molecule has 0 saturated carbocycles. The number of alkyl halides is 1. The minimum Gasteiger partial charge on any atom is -0.339 e. The number of hydrogen-bond acceptors (Lipinski definition) is 3. The Morgan fingerprint density at radius 2 is 1.85 bits per heavy atom. The second-order valence-corrected chi connectivity index (χ2v) is 12.0. The number of rotatable bonds is 6. The van der Waals surface area contributed by atoms with Crippen molar-refractivity contribution in [1.82, 2.24) is 15.2 Å². The van der Waals surface area contributed by atoms with Gasteiger partial charge in [0.15, 0.2) is 0 Å². The van der Waals surface area contributed by atoms with Gasteiger partial charge in [-0.25, -0.2) is 8.78 Å². The van der Waals surface area contributed by atoms with Crippen molar-refractivity contribution in [3.05, 3.63) is 64.2 Å². The van der Waals surface area contributed by atoms with Crippen LogP contribution in [0.5, 0.6) is 0 Å². The van der Waals surface area contributed by atoms with E-state index in [1.807, 2.05) is 43.6 Å². The third kappa shape index (κ3) is 5.62. The van der Waals surface area contributed by atoms with Crippen LogP contribution < -0.4 is 5.32 Å². The van der Waals surface area contributed by atoms with Crippen LogP contribution in [0, 0.1) is 5.82 Å². The first-order valence-electron chi connectivity index (χ1n) is 11.7. The molecule has 1 fully saturated rings. The summed E-state index contributed by atoms with van der Waals surface area (Å²) in [4.78, 5) is 19.2. The second-order valence-electron chi connectivity index (χ2n) is 11.6. The van der Waals surface area contributed by atoms with E-state index in [-0.39, 0.29) is 42.1 Å². The molecule has 0 radical (unpaired) electrons. The highest BCUT2D eigenvalue weighted by Crippen LogP contribution is 2.43. The largest absolute Gasteiger partial charge is 0.339 e. The molecule has 1 aromatic carbocycles. The van der Waals surface area contributed by atoms with Crippen molar-refractivity contribution in [3.8, 4) is 0 Å². The molecule has 1 unspecified atom stereocenters. The number of halogens is 3. The molecular weight excluding hydrogens is 447 g/mol. The van der Waals surface area contributed by atoms with Crippen molar-refractivity contribution in [1.29, 1.82) is 0 Å². The Bertz CT molecular complexity index is 1070. The van der Waals surface area contributed by atoms with Gasteiger partial charge in [-0.3, -0.25) is 9.78 Å². The van der Waals surface area contributed by atoms with Gasteiger partial charge in [0.25, 0.3) is 5.91 Å². The maximum Gasteiger partial charge on any atom is 0.253 e. The molecule has 2 heterocycles. The standard InChI is InChI=1S/C20H29B7ClF2N3O/c21-18(22)10-33(16(34)11-1-3-14(29)13(28)7-11)6-5-17(18,30)9-32-20(26,27)15-4-2-12(8-31-15)19(23,24)25/h1-4,7-8,32H,5-6,9-10,21-27H2. The quantitative estimate of drug-likeness (QED) is 0.440. The Kier molecular flexibility index (Phi) is 7.51. The van der Waals surface area contributed by atoms with Gasteiger partial charge in [0.1, 0.15) is 42.9 Å². The summed E-state index contributed by atoms with van der Waals surface area (Å²) in [5.41, 5.74) is 0.780. The van der Waals surface area contributed by atoms with Crippen molar-refractivity contribution >= 4 is 72.4 Å². The van der Waals surface area contributed by atoms with Crippen LogP contribution in [0.3, 0.4) is 0 Å². The molecule has 0 aliphatic carbocycles. The van der Waals surface area contributed by atoms with Crippen molar-refractivity contribution < 1.29 is 13.6 Å². The predicted molar refractivity (Wildman–Crippen MR) is 154 cm³/mol. The Morgan fingerprint density at radius 1 is 1.18 bits per heavy atom. The zero-order chi connectivity index (χ0) is 25.5. The van der Waals surface area contributed by atoms with Crippen molar-refractivity contribution in [2.75, 3.05) is 19.6 Å². The molecule has 34 heavy (non-hydrogen) atoms. The molecule has 172 valence electrons. The lowest BCUT2D eigenvalue weighted by molar-refractivity contribution is 0.0337.